The van der Waals surface area contributed by atoms with Gasteiger partial charge >= 0.3 is 5.97 Å². The third-order valence-corrected chi connectivity index (χ3v) is 22.0. The number of rotatable bonds is 13. The molecule has 454 valence electrons. The van der Waals surface area contributed by atoms with Crippen LogP contribution in [0.5, 0.6) is 0 Å². The maximum absolute atomic E-state index is 13.2. The summed E-state index contributed by atoms with van der Waals surface area (Å²) in [6, 6.07) is 0. The number of hydrogen-bond acceptors (Lipinski definition) is 24. The zero-order chi connectivity index (χ0) is 57.9. The van der Waals surface area contributed by atoms with Gasteiger partial charge in [-0.3, -0.25) is 0 Å². The molecular weight excluding hydrogens is 1040 g/mol. The van der Waals surface area contributed by atoms with Crippen LogP contribution in [0.2, 0.25) is 0 Å². The summed E-state index contributed by atoms with van der Waals surface area (Å²) < 4.78 is 53.6. The third-order valence-electron chi connectivity index (χ3n) is 22.0. The predicted octanol–water partition coefficient (Wildman–Crippen LogP) is -2.41. The van der Waals surface area contributed by atoms with Crippen molar-refractivity contribution < 1.29 is 119 Å². The van der Waals surface area contributed by atoms with E-state index in [1.807, 2.05) is 13.8 Å². The molecule has 0 aromatic heterocycles. The van der Waals surface area contributed by atoms with Crippen LogP contribution >= 0.6 is 0 Å². The molecule has 31 atom stereocenters. The molecule has 9 rings (SSSR count). The molecule has 24 nitrogen and oxygen atoms in total. The Kier molecular flexibility index (Phi) is 17.7. The molecule has 8 fully saturated rings. The third kappa shape index (κ3) is 10.1. The molecule has 5 aliphatic carbocycles. The summed E-state index contributed by atoms with van der Waals surface area (Å²) in [4.78, 5) is 13.2. The van der Waals surface area contributed by atoms with Crippen LogP contribution in [-0.2, 0) is 47.4 Å². The van der Waals surface area contributed by atoms with Gasteiger partial charge < -0.3 is 114 Å². The first kappa shape index (κ1) is 61.9. The van der Waals surface area contributed by atoms with Gasteiger partial charge in [0.05, 0.1) is 51.8 Å². The van der Waals surface area contributed by atoms with Crippen LogP contribution in [-0.4, -0.2) is 246 Å². The largest absolute Gasteiger partial charge is 0.467 e. The number of esters is 1. The Morgan fingerprint density at radius 3 is 1.81 bits per heavy atom. The topological polar surface area (TPSA) is 383 Å². The van der Waals surface area contributed by atoms with Crippen LogP contribution in [0, 0.1) is 50.2 Å². The van der Waals surface area contributed by atoms with Crippen LogP contribution in [0.25, 0.3) is 0 Å². The lowest BCUT2D eigenvalue weighted by molar-refractivity contribution is -0.396. The number of carbonyl (C=O) groups is 1. The van der Waals surface area contributed by atoms with Crippen LogP contribution in [0.3, 0.4) is 0 Å². The first-order chi connectivity index (χ1) is 37.0. The van der Waals surface area contributed by atoms with E-state index in [1.54, 1.807) is 0 Å². The first-order valence-electron chi connectivity index (χ1n) is 28.3. The minimum atomic E-state index is -2.00. The van der Waals surface area contributed by atoms with E-state index < -0.39 is 170 Å². The molecule has 0 aromatic rings. The van der Waals surface area contributed by atoms with Crippen molar-refractivity contribution in [3.05, 3.63) is 11.6 Å². The summed E-state index contributed by atoms with van der Waals surface area (Å²) in [7, 11) is 1.07. The van der Waals surface area contributed by atoms with E-state index in [4.69, 9.17) is 42.6 Å². The van der Waals surface area contributed by atoms with E-state index >= 15 is 0 Å². The lowest BCUT2D eigenvalue weighted by Crippen LogP contribution is -2.68. The molecule has 4 heterocycles. The van der Waals surface area contributed by atoms with E-state index in [0.717, 1.165) is 32.8 Å². The van der Waals surface area contributed by atoms with E-state index in [2.05, 4.69) is 33.8 Å². The summed E-state index contributed by atoms with van der Waals surface area (Å²) in [5.41, 5.74) is -1.67. The molecular formula is C55H90O24. The van der Waals surface area contributed by atoms with Gasteiger partial charge in [-0.2, -0.15) is 0 Å². The number of fused-ring (bicyclic) bond motifs is 7. The van der Waals surface area contributed by atoms with Crippen molar-refractivity contribution in [3.8, 4) is 0 Å². The second kappa shape index (κ2) is 22.6. The Morgan fingerprint density at radius 1 is 0.595 bits per heavy atom. The molecule has 0 radical (unpaired) electrons. The van der Waals surface area contributed by atoms with E-state index in [1.165, 1.54) is 12.5 Å². The Bertz CT molecular complexity index is 2170. The highest BCUT2D eigenvalue weighted by Crippen LogP contribution is 2.76. The fraction of sp³-hybridized carbons (Fsp3) is 0.945. The zero-order valence-electron chi connectivity index (χ0n) is 46.5. The van der Waals surface area contributed by atoms with Gasteiger partial charge in [0.25, 0.3) is 0 Å². The second-order valence-electron chi connectivity index (χ2n) is 26.4. The molecule has 0 aromatic carbocycles. The Balaban J connectivity index is 0.970. The summed E-state index contributed by atoms with van der Waals surface area (Å²) >= 11 is 0. The van der Waals surface area contributed by atoms with Gasteiger partial charge in [0.1, 0.15) is 85.5 Å². The highest BCUT2D eigenvalue weighted by Gasteiger charge is 2.70. The number of ether oxygens (including phenoxy) is 9. The number of allylic oxidation sites excluding steroid dienone is 2. The SMILES string of the molecule is COC(=O)[C@H]1O[C@@H](O[C@H]2CC[C@@]3(C)[C@@H](CC[C@]4(C)[C@@H]3CC=C3[C@@H]5C[C@@](C)(CO[C@@H]6O[C@H](CO)[C@@H](O)[C@H](O)[C@H]6O)C[C@@H](O)[C@]5(C)CC[C@]34C)[C@@]2(C)CO)[C@H](O[C@@H]2O[C@H](CO)[C@H](O)[C@H](O)[C@H]2O[C@@H]2O[C@@H](C)[C@H](O)[C@@H](O)[C@H]2O)[C@@H](O)[C@@H]1O. The summed E-state index contributed by atoms with van der Waals surface area (Å²) in [5, 5.41) is 153. The van der Waals surface area contributed by atoms with Gasteiger partial charge in [0.2, 0.25) is 0 Å². The summed E-state index contributed by atoms with van der Waals surface area (Å²) in [5.74, 6) is -1.14. The summed E-state index contributed by atoms with van der Waals surface area (Å²) in [6.07, 6.45) is -26.6. The second-order valence-corrected chi connectivity index (χ2v) is 26.4. The van der Waals surface area contributed by atoms with Gasteiger partial charge in [0, 0.05) is 10.8 Å². The monoisotopic (exact) mass is 1130 g/mol. The first-order valence-corrected chi connectivity index (χ1v) is 28.3. The minimum Gasteiger partial charge on any atom is -0.467 e. The van der Waals surface area contributed by atoms with Crippen LogP contribution in [0.1, 0.15) is 106 Å². The lowest BCUT2D eigenvalue weighted by Gasteiger charge is -2.72. The fourth-order valence-electron chi connectivity index (χ4n) is 16.7. The van der Waals surface area contributed by atoms with Crippen molar-refractivity contribution in [2.45, 2.75) is 241 Å². The molecule has 79 heavy (non-hydrogen) atoms. The van der Waals surface area contributed by atoms with Crippen LogP contribution in [0.15, 0.2) is 11.6 Å². The Morgan fingerprint density at radius 2 is 1.18 bits per heavy atom. The standard InChI is InChI=1S/C55H90O24/c1-23-32(60)35(63)41(69)47(73-23)78-43-37(65)34(62)27(20-57)75-48(43)79-44-39(67)38(66)42(45(70)71-8)77-49(44)76-31-12-13-52(4)28(53(31,5)21-58)11-14-55(7)29(52)10-9-24-25-17-50(2,18-30(59)51(25,3)15-16-54(24,55)6)22-72-46-40(68)36(64)33(61)26(19-56)74-46/h9,23,25-44,46-49,56-69H,10-22H2,1-8H3/t23-,25-,26+,27+,28+,29+,30+,31-,32-,33+,34-,35+,36-,37-,38-,39-,40+,41+,42-,43+,44+,46+,47-,48-,49+,50+,51+,52-,53+,54+,55+/m0/s1. The number of hydrogen-bond donors (Lipinski definition) is 14. The van der Waals surface area contributed by atoms with Crippen LogP contribution in [0.4, 0.5) is 0 Å². The van der Waals surface area contributed by atoms with Crippen molar-refractivity contribution in [3.63, 3.8) is 0 Å². The van der Waals surface area contributed by atoms with Gasteiger partial charge in [-0.25, -0.2) is 4.79 Å². The quantitative estimate of drug-likeness (QED) is 0.0519. The Hall–Kier alpha value is -1.67. The molecule has 4 saturated carbocycles. The summed E-state index contributed by atoms with van der Waals surface area (Å²) in [6.45, 7) is 12.9. The van der Waals surface area contributed by atoms with Crippen molar-refractivity contribution in [2.24, 2.45) is 50.2 Å². The van der Waals surface area contributed by atoms with Crippen molar-refractivity contribution in [1.82, 2.24) is 0 Å². The van der Waals surface area contributed by atoms with E-state index in [9.17, 15) is 76.3 Å². The average molecular weight is 1140 g/mol. The number of aliphatic hydroxyl groups is 14. The Labute approximate surface area is 460 Å². The lowest BCUT2D eigenvalue weighted by atomic mass is 9.33. The van der Waals surface area contributed by atoms with Crippen molar-refractivity contribution in [1.29, 1.82) is 0 Å². The number of aliphatic hydroxyl groups excluding tert-OH is 14. The van der Waals surface area contributed by atoms with Crippen molar-refractivity contribution >= 4 is 5.97 Å². The molecule has 0 spiro atoms. The number of carbonyl (C=O) groups excluding carboxylic acids is 1. The maximum Gasteiger partial charge on any atom is 0.337 e. The molecule has 14 N–H and O–H groups in total. The van der Waals surface area contributed by atoms with Crippen LogP contribution < -0.4 is 0 Å². The molecule has 4 aliphatic heterocycles. The van der Waals surface area contributed by atoms with Gasteiger partial charge in [-0.1, -0.05) is 53.2 Å². The van der Waals surface area contributed by atoms with Gasteiger partial charge in [-0.15, -0.1) is 0 Å². The maximum atomic E-state index is 13.2. The fourth-order valence-corrected chi connectivity index (χ4v) is 16.7. The van der Waals surface area contributed by atoms with Gasteiger partial charge in [0.15, 0.2) is 31.3 Å². The smallest absolute Gasteiger partial charge is 0.337 e. The molecule has 0 bridgehead atoms. The highest BCUT2D eigenvalue weighted by molar-refractivity contribution is 5.75. The minimum absolute atomic E-state index is 0.0385. The predicted molar refractivity (Wildman–Crippen MR) is 269 cm³/mol. The molecule has 9 aliphatic rings. The van der Waals surface area contributed by atoms with E-state index in [0.29, 0.717) is 32.1 Å². The molecule has 24 heteroatoms. The van der Waals surface area contributed by atoms with Crippen molar-refractivity contribution in [2.75, 3.05) is 33.5 Å². The van der Waals surface area contributed by atoms with Gasteiger partial charge in [-0.05, 0) is 104 Å². The molecule has 0 unspecified atom stereocenters. The normalized spacial score (nSPS) is 55.8. The zero-order valence-corrected chi connectivity index (χ0v) is 46.5. The molecule has 4 saturated heterocycles. The number of methoxy groups -OCH3 is 1. The van der Waals surface area contributed by atoms with E-state index in [-0.39, 0.29) is 47.2 Å². The highest BCUT2D eigenvalue weighted by atomic mass is 16.8. The average Bonchev–Trinajstić information content (AvgIpc) is 2.61. The molecule has 0 amide bonds.